The van der Waals surface area contributed by atoms with Crippen LogP contribution in [0.4, 0.5) is 0 Å². The number of H-pyrrole nitrogens is 1. The SMILES string of the molecule is Cc1nc(=S)c(C)c(-c2cc(Cl)ccc2Cl)[nH]1. The molecule has 2 nitrogen and oxygen atoms in total. The van der Waals surface area contributed by atoms with Crippen LogP contribution in [-0.2, 0) is 0 Å². The zero-order valence-corrected chi connectivity index (χ0v) is 11.7. The Morgan fingerprint density at radius 1 is 1.24 bits per heavy atom. The summed E-state index contributed by atoms with van der Waals surface area (Å²) in [6, 6.07) is 5.34. The van der Waals surface area contributed by atoms with Gasteiger partial charge in [0.25, 0.3) is 0 Å². The van der Waals surface area contributed by atoms with E-state index < -0.39 is 0 Å². The fourth-order valence-corrected chi connectivity index (χ4v) is 2.23. The maximum Gasteiger partial charge on any atom is 0.133 e. The second-order valence-corrected chi connectivity index (χ2v) is 4.98. The molecule has 0 bridgehead atoms. The highest BCUT2D eigenvalue weighted by Gasteiger charge is 2.10. The van der Waals surface area contributed by atoms with Gasteiger partial charge in [-0.15, -0.1) is 0 Å². The zero-order valence-electron chi connectivity index (χ0n) is 9.34. The van der Waals surface area contributed by atoms with Gasteiger partial charge < -0.3 is 4.98 Å². The van der Waals surface area contributed by atoms with Gasteiger partial charge in [-0.3, -0.25) is 0 Å². The van der Waals surface area contributed by atoms with E-state index in [0.717, 1.165) is 22.6 Å². The van der Waals surface area contributed by atoms with Crippen LogP contribution in [0.5, 0.6) is 0 Å². The highest BCUT2D eigenvalue weighted by molar-refractivity contribution is 7.71. The standard InChI is InChI=1S/C12H10Cl2N2S/c1-6-11(15-7(2)16-12(6)17)9-5-8(13)3-4-10(9)14/h3-5H,1-2H3,(H,15,16,17). The normalized spacial score (nSPS) is 10.6. The van der Waals surface area contributed by atoms with Gasteiger partial charge in [0.15, 0.2) is 0 Å². The van der Waals surface area contributed by atoms with Crippen LogP contribution in [-0.4, -0.2) is 9.97 Å². The maximum absolute atomic E-state index is 6.17. The minimum atomic E-state index is 0.576. The van der Waals surface area contributed by atoms with Crippen molar-refractivity contribution in [3.63, 3.8) is 0 Å². The van der Waals surface area contributed by atoms with Gasteiger partial charge in [-0.2, -0.15) is 0 Å². The van der Waals surface area contributed by atoms with Gasteiger partial charge in [-0.25, -0.2) is 4.98 Å². The van der Waals surface area contributed by atoms with E-state index in [1.54, 1.807) is 12.1 Å². The molecule has 0 radical (unpaired) electrons. The highest BCUT2D eigenvalue weighted by Crippen LogP contribution is 2.31. The summed E-state index contributed by atoms with van der Waals surface area (Å²) in [4.78, 5) is 7.37. The van der Waals surface area contributed by atoms with Crippen LogP contribution in [0.3, 0.4) is 0 Å². The van der Waals surface area contributed by atoms with E-state index in [-0.39, 0.29) is 0 Å². The molecule has 0 saturated heterocycles. The number of aryl methyl sites for hydroxylation is 1. The first kappa shape index (κ1) is 12.6. The molecule has 88 valence electrons. The lowest BCUT2D eigenvalue weighted by Crippen LogP contribution is -1.96. The number of nitrogens with one attached hydrogen (secondary N) is 1. The van der Waals surface area contributed by atoms with Gasteiger partial charge in [0.05, 0.1) is 5.69 Å². The van der Waals surface area contributed by atoms with Crippen molar-refractivity contribution in [1.29, 1.82) is 0 Å². The van der Waals surface area contributed by atoms with E-state index in [1.165, 1.54) is 0 Å². The van der Waals surface area contributed by atoms with E-state index >= 15 is 0 Å². The van der Waals surface area contributed by atoms with Gasteiger partial charge in [0.2, 0.25) is 0 Å². The van der Waals surface area contributed by atoms with Crippen molar-refractivity contribution in [2.75, 3.05) is 0 Å². The Morgan fingerprint density at radius 2 is 1.94 bits per heavy atom. The predicted molar refractivity (Wildman–Crippen MR) is 74.4 cm³/mol. The Bertz CT molecular complexity index is 635. The molecule has 1 heterocycles. The topological polar surface area (TPSA) is 28.7 Å². The molecule has 0 aliphatic carbocycles. The van der Waals surface area contributed by atoms with Crippen molar-refractivity contribution in [1.82, 2.24) is 9.97 Å². The number of aromatic nitrogens is 2. The highest BCUT2D eigenvalue weighted by atomic mass is 35.5. The van der Waals surface area contributed by atoms with E-state index in [4.69, 9.17) is 35.4 Å². The first-order valence-corrected chi connectivity index (χ1v) is 6.18. The van der Waals surface area contributed by atoms with Crippen LogP contribution < -0.4 is 0 Å². The van der Waals surface area contributed by atoms with Crippen LogP contribution in [0.15, 0.2) is 18.2 Å². The van der Waals surface area contributed by atoms with Crippen LogP contribution in [0.25, 0.3) is 11.3 Å². The summed E-state index contributed by atoms with van der Waals surface area (Å²) in [5.41, 5.74) is 2.61. The maximum atomic E-state index is 6.17. The molecule has 17 heavy (non-hydrogen) atoms. The van der Waals surface area contributed by atoms with Gasteiger partial charge in [-0.05, 0) is 32.0 Å². The Kier molecular flexibility index (Phi) is 3.52. The summed E-state index contributed by atoms with van der Waals surface area (Å²) in [7, 11) is 0. The summed E-state index contributed by atoms with van der Waals surface area (Å²) >= 11 is 17.4. The average Bonchev–Trinajstić information content (AvgIpc) is 2.27. The number of rotatable bonds is 1. The molecule has 0 saturated carbocycles. The molecule has 1 N–H and O–H groups in total. The Labute approximate surface area is 115 Å². The molecule has 0 spiro atoms. The molecule has 2 aromatic rings. The summed E-state index contributed by atoms with van der Waals surface area (Å²) in [5, 5.41) is 1.27. The van der Waals surface area contributed by atoms with Crippen molar-refractivity contribution < 1.29 is 0 Å². The summed E-state index contributed by atoms with van der Waals surface area (Å²) < 4.78 is 0.576. The second-order valence-electron chi connectivity index (χ2n) is 3.75. The number of hydrogen-bond donors (Lipinski definition) is 1. The third-order valence-corrected chi connectivity index (χ3v) is 3.43. The Hall–Kier alpha value is -0.900. The zero-order chi connectivity index (χ0) is 12.6. The number of nitrogens with zero attached hydrogens (tertiary/aromatic N) is 1. The van der Waals surface area contributed by atoms with Crippen LogP contribution in [0.1, 0.15) is 11.4 Å². The van der Waals surface area contributed by atoms with E-state index in [0.29, 0.717) is 14.7 Å². The molecule has 2 rings (SSSR count). The lowest BCUT2D eigenvalue weighted by molar-refractivity contribution is 1.02. The molecule has 0 aliphatic rings. The number of halogens is 2. The third kappa shape index (κ3) is 2.51. The van der Waals surface area contributed by atoms with Gasteiger partial charge >= 0.3 is 0 Å². The summed E-state index contributed by atoms with van der Waals surface area (Å²) in [5.74, 6) is 0.756. The molecule has 1 aromatic heterocycles. The van der Waals surface area contributed by atoms with Crippen molar-refractivity contribution >= 4 is 35.4 Å². The fraction of sp³-hybridized carbons (Fsp3) is 0.167. The molecule has 1 aromatic carbocycles. The van der Waals surface area contributed by atoms with E-state index in [9.17, 15) is 0 Å². The average molecular weight is 285 g/mol. The Balaban J connectivity index is 2.76. The van der Waals surface area contributed by atoms with E-state index in [2.05, 4.69) is 9.97 Å². The first-order chi connectivity index (χ1) is 7.99. The van der Waals surface area contributed by atoms with Crippen molar-refractivity contribution in [2.24, 2.45) is 0 Å². The number of benzene rings is 1. The molecular weight excluding hydrogens is 275 g/mol. The smallest absolute Gasteiger partial charge is 0.133 e. The quantitative estimate of drug-likeness (QED) is 0.767. The minimum absolute atomic E-state index is 0.576. The lowest BCUT2D eigenvalue weighted by Gasteiger charge is -2.09. The third-order valence-electron chi connectivity index (χ3n) is 2.47. The molecule has 5 heteroatoms. The van der Waals surface area contributed by atoms with Crippen LogP contribution in [0, 0.1) is 18.5 Å². The number of hydrogen-bond acceptors (Lipinski definition) is 2. The molecule has 0 fully saturated rings. The monoisotopic (exact) mass is 284 g/mol. The van der Waals surface area contributed by atoms with Gasteiger partial charge in [0.1, 0.15) is 10.5 Å². The van der Waals surface area contributed by atoms with Crippen molar-refractivity contribution in [3.05, 3.63) is 44.3 Å². The van der Waals surface area contributed by atoms with Gasteiger partial charge in [0, 0.05) is 21.2 Å². The summed E-state index contributed by atoms with van der Waals surface area (Å²) in [6.07, 6.45) is 0. The fourth-order valence-electron chi connectivity index (χ4n) is 1.60. The Morgan fingerprint density at radius 3 is 2.65 bits per heavy atom. The van der Waals surface area contributed by atoms with Gasteiger partial charge in [-0.1, -0.05) is 35.4 Å². The first-order valence-electron chi connectivity index (χ1n) is 5.02. The van der Waals surface area contributed by atoms with Crippen LogP contribution >= 0.6 is 35.4 Å². The van der Waals surface area contributed by atoms with Crippen molar-refractivity contribution in [3.8, 4) is 11.3 Å². The molecule has 0 aliphatic heterocycles. The second kappa shape index (κ2) is 4.77. The van der Waals surface area contributed by atoms with Crippen LogP contribution in [0.2, 0.25) is 10.0 Å². The largest absolute Gasteiger partial charge is 0.343 e. The van der Waals surface area contributed by atoms with E-state index in [1.807, 2.05) is 19.9 Å². The molecule has 0 unspecified atom stereocenters. The minimum Gasteiger partial charge on any atom is -0.343 e. The lowest BCUT2D eigenvalue weighted by atomic mass is 10.1. The predicted octanol–water partition coefficient (Wildman–Crippen LogP) is 4.73. The molecular formula is C12H10Cl2N2S. The molecule has 0 atom stereocenters. The molecule has 0 amide bonds. The summed E-state index contributed by atoms with van der Waals surface area (Å²) in [6.45, 7) is 3.77. The number of aromatic amines is 1. The van der Waals surface area contributed by atoms with Crippen molar-refractivity contribution in [2.45, 2.75) is 13.8 Å².